The van der Waals surface area contributed by atoms with Crippen molar-refractivity contribution in [3.8, 4) is 11.5 Å². The number of ether oxygens (including phenoxy) is 2. The Kier molecular flexibility index (Phi) is 6.90. The first-order chi connectivity index (χ1) is 13.9. The van der Waals surface area contributed by atoms with Crippen LogP contribution < -0.4 is 9.47 Å². The number of methoxy groups -OCH3 is 1. The molecular weight excluding hydrogens is 441 g/mol. The molecule has 1 heterocycles. The number of ketones is 1. The lowest BCUT2D eigenvalue weighted by Crippen LogP contribution is -2.45. The molecule has 7 heteroatoms. The third-order valence-electron chi connectivity index (χ3n) is 5.10. The van der Waals surface area contributed by atoms with Crippen molar-refractivity contribution >= 4 is 27.6 Å². The van der Waals surface area contributed by atoms with E-state index in [0.717, 1.165) is 0 Å². The molecule has 0 saturated carbocycles. The van der Waals surface area contributed by atoms with Crippen LogP contribution in [0.25, 0.3) is 0 Å². The van der Waals surface area contributed by atoms with Crippen molar-refractivity contribution < 1.29 is 23.5 Å². The topological polar surface area (TPSA) is 55.8 Å². The summed E-state index contributed by atoms with van der Waals surface area (Å²) in [5, 5.41) is 0. The maximum Gasteiger partial charge on any atom is 0.263 e. The zero-order chi connectivity index (χ0) is 21.0. The molecule has 154 valence electrons. The van der Waals surface area contributed by atoms with Gasteiger partial charge in [0.05, 0.1) is 11.6 Å². The zero-order valence-corrected chi connectivity index (χ0v) is 17.9. The highest BCUT2D eigenvalue weighted by Crippen LogP contribution is 2.28. The third-order valence-corrected chi connectivity index (χ3v) is 5.72. The molecule has 0 spiro atoms. The average molecular weight is 464 g/mol. The van der Waals surface area contributed by atoms with Crippen LogP contribution in [0.5, 0.6) is 11.5 Å². The van der Waals surface area contributed by atoms with Crippen LogP contribution in [-0.4, -0.2) is 42.9 Å². The number of benzene rings is 2. The SMILES string of the molecule is COc1ccc(C(=O)C2CCN(C(=O)C(C)Oc3ccc(F)cc3Br)CC2)cc1. The minimum atomic E-state index is -0.703. The molecule has 1 aliphatic rings. The molecule has 1 saturated heterocycles. The number of Topliss-reactive ketones (excluding diaryl/α,β-unsaturated/α-hetero) is 1. The summed E-state index contributed by atoms with van der Waals surface area (Å²) >= 11 is 3.24. The van der Waals surface area contributed by atoms with Gasteiger partial charge >= 0.3 is 0 Å². The van der Waals surface area contributed by atoms with Crippen molar-refractivity contribution in [1.82, 2.24) is 4.90 Å². The normalized spacial score (nSPS) is 15.7. The Morgan fingerprint density at radius 3 is 2.38 bits per heavy atom. The summed E-state index contributed by atoms with van der Waals surface area (Å²) in [5.74, 6) is 0.596. The maximum absolute atomic E-state index is 13.2. The average Bonchev–Trinajstić information content (AvgIpc) is 2.74. The molecule has 0 radical (unpaired) electrons. The second kappa shape index (κ2) is 9.39. The molecule has 1 amide bonds. The van der Waals surface area contributed by atoms with E-state index in [0.29, 0.717) is 47.5 Å². The van der Waals surface area contributed by atoms with Crippen molar-refractivity contribution in [2.75, 3.05) is 20.2 Å². The number of amides is 1. The number of carbonyl (C=O) groups is 2. The Labute approximate surface area is 177 Å². The minimum Gasteiger partial charge on any atom is -0.497 e. The molecule has 0 aromatic heterocycles. The molecule has 0 N–H and O–H groups in total. The van der Waals surface area contributed by atoms with Crippen LogP contribution in [0.15, 0.2) is 46.9 Å². The number of carbonyl (C=O) groups excluding carboxylic acids is 2. The third kappa shape index (κ3) is 5.15. The molecule has 5 nitrogen and oxygen atoms in total. The molecule has 2 aromatic rings. The number of nitrogens with zero attached hydrogens (tertiary/aromatic N) is 1. The van der Waals surface area contributed by atoms with Crippen LogP contribution in [0.2, 0.25) is 0 Å². The number of rotatable bonds is 6. The lowest BCUT2D eigenvalue weighted by atomic mass is 9.88. The monoisotopic (exact) mass is 463 g/mol. The van der Waals surface area contributed by atoms with Crippen LogP contribution in [0, 0.1) is 11.7 Å². The maximum atomic E-state index is 13.2. The standard InChI is InChI=1S/C22H23BrFNO4/c1-14(29-20-8-5-17(24)13-19(20)23)22(27)25-11-9-16(10-12-25)21(26)15-3-6-18(28-2)7-4-15/h3-8,13-14,16H,9-12H2,1-2H3. The van der Waals surface area contributed by atoms with Gasteiger partial charge in [-0.1, -0.05) is 0 Å². The predicted octanol–water partition coefficient (Wildman–Crippen LogP) is 4.49. The number of halogens is 2. The van der Waals surface area contributed by atoms with Gasteiger partial charge in [0, 0.05) is 24.6 Å². The van der Waals surface area contributed by atoms with Gasteiger partial charge in [-0.3, -0.25) is 9.59 Å². The molecule has 1 aliphatic heterocycles. The van der Waals surface area contributed by atoms with E-state index in [-0.39, 0.29) is 23.4 Å². The van der Waals surface area contributed by atoms with Crippen LogP contribution >= 0.6 is 15.9 Å². The van der Waals surface area contributed by atoms with Gasteiger partial charge < -0.3 is 14.4 Å². The van der Waals surface area contributed by atoms with Crippen molar-refractivity contribution in [3.05, 3.63) is 58.3 Å². The van der Waals surface area contributed by atoms with E-state index in [1.165, 1.54) is 18.2 Å². The van der Waals surface area contributed by atoms with Gasteiger partial charge in [0.1, 0.15) is 17.3 Å². The van der Waals surface area contributed by atoms with E-state index in [1.807, 2.05) is 0 Å². The second-order valence-electron chi connectivity index (χ2n) is 7.03. The van der Waals surface area contributed by atoms with E-state index in [9.17, 15) is 14.0 Å². The Morgan fingerprint density at radius 1 is 1.14 bits per heavy atom. The first-order valence-electron chi connectivity index (χ1n) is 9.48. The quantitative estimate of drug-likeness (QED) is 0.592. The summed E-state index contributed by atoms with van der Waals surface area (Å²) in [5.41, 5.74) is 0.661. The van der Waals surface area contributed by atoms with Gasteiger partial charge in [-0.2, -0.15) is 0 Å². The van der Waals surface area contributed by atoms with E-state index < -0.39 is 6.10 Å². The molecule has 1 fully saturated rings. The Morgan fingerprint density at radius 2 is 1.79 bits per heavy atom. The fraction of sp³-hybridized carbons (Fsp3) is 0.364. The minimum absolute atomic E-state index is 0.0966. The summed E-state index contributed by atoms with van der Waals surface area (Å²) in [4.78, 5) is 27.1. The first kappa shape index (κ1) is 21.3. The lowest BCUT2D eigenvalue weighted by molar-refractivity contribution is -0.139. The molecule has 2 aromatic carbocycles. The summed E-state index contributed by atoms with van der Waals surface area (Å²) in [7, 11) is 1.59. The van der Waals surface area contributed by atoms with Gasteiger partial charge in [-0.15, -0.1) is 0 Å². The summed E-state index contributed by atoms with van der Waals surface area (Å²) in [6.45, 7) is 2.68. The van der Waals surface area contributed by atoms with Crippen LogP contribution in [0.4, 0.5) is 4.39 Å². The molecular formula is C22H23BrFNO4. The summed E-state index contributed by atoms with van der Waals surface area (Å²) < 4.78 is 24.5. The molecule has 3 rings (SSSR count). The van der Waals surface area contributed by atoms with E-state index in [2.05, 4.69) is 15.9 Å². The number of piperidine rings is 1. The van der Waals surface area contributed by atoms with E-state index in [1.54, 1.807) is 43.2 Å². The van der Waals surface area contributed by atoms with Gasteiger partial charge in [-0.05, 0) is 78.2 Å². The highest BCUT2D eigenvalue weighted by molar-refractivity contribution is 9.10. The smallest absolute Gasteiger partial charge is 0.263 e. The van der Waals surface area contributed by atoms with Crippen molar-refractivity contribution in [1.29, 1.82) is 0 Å². The Hall–Kier alpha value is -2.41. The largest absolute Gasteiger partial charge is 0.497 e. The van der Waals surface area contributed by atoms with Crippen molar-refractivity contribution in [2.45, 2.75) is 25.9 Å². The molecule has 0 aliphatic carbocycles. The second-order valence-corrected chi connectivity index (χ2v) is 7.88. The van der Waals surface area contributed by atoms with Gasteiger partial charge in [-0.25, -0.2) is 4.39 Å². The molecule has 0 bridgehead atoms. The van der Waals surface area contributed by atoms with Crippen molar-refractivity contribution in [3.63, 3.8) is 0 Å². The van der Waals surface area contributed by atoms with Crippen LogP contribution in [0.3, 0.4) is 0 Å². The fourth-order valence-electron chi connectivity index (χ4n) is 3.42. The van der Waals surface area contributed by atoms with E-state index >= 15 is 0 Å². The van der Waals surface area contributed by atoms with Crippen LogP contribution in [-0.2, 0) is 4.79 Å². The van der Waals surface area contributed by atoms with Gasteiger partial charge in [0.2, 0.25) is 0 Å². The van der Waals surface area contributed by atoms with Gasteiger partial charge in [0.25, 0.3) is 5.91 Å². The fourth-order valence-corrected chi connectivity index (χ4v) is 3.87. The highest BCUT2D eigenvalue weighted by atomic mass is 79.9. The predicted molar refractivity (Wildman–Crippen MR) is 111 cm³/mol. The lowest BCUT2D eigenvalue weighted by Gasteiger charge is -2.33. The summed E-state index contributed by atoms with van der Waals surface area (Å²) in [6, 6.07) is 11.2. The summed E-state index contributed by atoms with van der Waals surface area (Å²) in [6.07, 6.45) is 0.526. The Bertz CT molecular complexity index is 879. The van der Waals surface area contributed by atoms with E-state index in [4.69, 9.17) is 9.47 Å². The van der Waals surface area contributed by atoms with Gasteiger partial charge in [0.15, 0.2) is 11.9 Å². The number of hydrogen-bond donors (Lipinski definition) is 0. The number of hydrogen-bond acceptors (Lipinski definition) is 4. The molecule has 1 atom stereocenters. The Balaban J connectivity index is 1.55. The molecule has 1 unspecified atom stereocenters. The van der Waals surface area contributed by atoms with Crippen LogP contribution in [0.1, 0.15) is 30.1 Å². The first-order valence-corrected chi connectivity index (χ1v) is 10.3. The highest BCUT2D eigenvalue weighted by Gasteiger charge is 2.30. The van der Waals surface area contributed by atoms with Crippen molar-refractivity contribution in [2.24, 2.45) is 5.92 Å². The molecule has 29 heavy (non-hydrogen) atoms. The number of likely N-dealkylation sites (tertiary alicyclic amines) is 1. The zero-order valence-electron chi connectivity index (χ0n) is 16.4.